The zero-order valence-electron chi connectivity index (χ0n) is 15.6. The molecule has 3 rings (SSSR count). The summed E-state index contributed by atoms with van der Waals surface area (Å²) < 4.78 is 0.760. The Kier molecular flexibility index (Phi) is 6.62. The second-order valence-corrected chi connectivity index (χ2v) is 8.27. The van der Waals surface area contributed by atoms with Crippen molar-refractivity contribution in [2.45, 2.75) is 26.3 Å². The summed E-state index contributed by atoms with van der Waals surface area (Å²) in [4.78, 5) is 27.7. The summed E-state index contributed by atoms with van der Waals surface area (Å²) in [6.45, 7) is 3.12. The van der Waals surface area contributed by atoms with Gasteiger partial charge in [-0.2, -0.15) is 0 Å². The molecule has 1 aliphatic heterocycles. The molecule has 2 aromatic carbocycles. The predicted octanol–water partition coefficient (Wildman–Crippen LogP) is 5.33. The van der Waals surface area contributed by atoms with Gasteiger partial charge in [-0.05, 0) is 59.0 Å². The number of piperidine rings is 1. The number of halogens is 2. The number of hydrogen-bond donors (Lipinski definition) is 1. The lowest BCUT2D eigenvalue weighted by Gasteiger charge is -2.33. The number of carbonyl (C=O) groups excluding carboxylic acids is 1. The molecule has 0 aliphatic carbocycles. The third-order valence-electron chi connectivity index (χ3n) is 5.08. The minimum atomic E-state index is -0.928. The van der Waals surface area contributed by atoms with E-state index in [1.54, 1.807) is 4.90 Å². The molecule has 1 saturated heterocycles. The van der Waals surface area contributed by atoms with Crippen LogP contribution in [0, 0.1) is 12.8 Å². The Morgan fingerprint density at radius 1 is 1.21 bits per heavy atom. The Labute approximate surface area is 178 Å². The van der Waals surface area contributed by atoms with Gasteiger partial charge in [0.2, 0.25) is 5.91 Å². The van der Waals surface area contributed by atoms with Crippen LogP contribution in [-0.4, -0.2) is 35.1 Å². The van der Waals surface area contributed by atoms with Gasteiger partial charge in [-0.15, -0.1) is 0 Å². The van der Waals surface area contributed by atoms with Crippen molar-refractivity contribution < 1.29 is 14.7 Å². The average Bonchev–Trinajstić information content (AvgIpc) is 2.69. The van der Waals surface area contributed by atoms with Crippen molar-refractivity contribution in [3.63, 3.8) is 0 Å². The molecule has 28 heavy (non-hydrogen) atoms. The van der Waals surface area contributed by atoms with Crippen molar-refractivity contribution in [2.24, 2.45) is 5.92 Å². The quantitative estimate of drug-likeness (QED) is 0.663. The molecule has 1 heterocycles. The molecule has 1 N–H and O–H groups in total. The second kappa shape index (κ2) is 8.97. The first-order valence-corrected chi connectivity index (χ1v) is 10.3. The maximum Gasteiger partial charge on any atom is 0.407 e. The number of benzene rings is 2. The van der Waals surface area contributed by atoms with E-state index in [1.807, 2.05) is 49.4 Å². The smallest absolute Gasteiger partial charge is 0.407 e. The molecule has 5 nitrogen and oxygen atoms in total. The Bertz CT molecular complexity index is 867. The molecule has 7 heteroatoms. The fourth-order valence-electron chi connectivity index (χ4n) is 3.43. The van der Waals surface area contributed by atoms with E-state index in [1.165, 1.54) is 4.90 Å². The van der Waals surface area contributed by atoms with Crippen LogP contribution in [0.4, 0.5) is 10.5 Å². The first kappa shape index (κ1) is 20.7. The number of nitrogens with zero attached hydrogens (tertiary/aromatic N) is 2. The van der Waals surface area contributed by atoms with E-state index >= 15 is 0 Å². The highest BCUT2D eigenvalue weighted by molar-refractivity contribution is 9.10. The van der Waals surface area contributed by atoms with E-state index in [2.05, 4.69) is 15.9 Å². The normalized spacial score (nSPS) is 14.8. The summed E-state index contributed by atoms with van der Waals surface area (Å²) in [6.07, 6.45) is 0.129. The number of amides is 2. The van der Waals surface area contributed by atoms with Crippen LogP contribution in [0.1, 0.15) is 24.0 Å². The molecule has 0 unspecified atom stereocenters. The number of rotatable bonds is 4. The Morgan fingerprint density at radius 3 is 2.46 bits per heavy atom. The monoisotopic (exact) mass is 464 g/mol. The number of carboxylic acid groups (broad SMARTS) is 1. The standard InChI is InChI=1S/C21H22BrClN2O3/c1-14-11-19(17(22)12-18(14)23)25(13-15-5-3-2-4-6-15)20(26)16-7-9-24(10-8-16)21(27)28/h2-6,11-12,16H,7-10,13H2,1H3,(H,27,28). The highest BCUT2D eigenvalue weighted by Crippen LogP contribution is 2.34. The van der Waals surface area contributed by atoms with Gasteiger partial charge in [-0.1, -0.05) is 41.9 Å². The van der Waals surface area contributed by atoms with Gasteiger partial charge in [-0.25, -0.2) is 4.79 Å². The maximum atomic E-state index is 13.4. The van der Waals surface area contributed by atoms with Crippen LogP contribution in [0.25, 0.3) is 0 Å². The minimum absolute atomic E-state index is 0.0105. The molecule has 2 aromatic rings. The topological polar surface area (TPSA) is 60.9 Å². The van der Waals surface area contributed by atoms with E-state index in [9.17, 15) is 9.59 Å². The molecule has 1 aliphatic rings. The van der Waals surface area contributed by atoms with E-state index in [4.69, 9.17) is 16.7 Å². The number of aryl methyl sites for hydroxylation is 1. The Morgan fingerprint density at radius 2 is 1.86 bits per heavy atom. The summed E-state index contributed by atoms with van der Waals surface area (Å²) in [5.74, 6) is -0.196. The van der Waals surface area contributed by atoms with Gasteiger partial charge in [0.25, 0.3) is 0 Å². The predicted molar refractivity (Wildman–Crippen MR) is 114 cm³/mol. The summed E-state index contributed by atoms with van der Waals surface area (Å²) in [5.41, 5.74) is 2.70. The lowest BCUT2D eigenvalue weighted by Crippen LogP contribution is -2.44. The first-order chi connectivity index (χ1) is 13.4. The van der Waals surface area contributed by atoms with Crippen LogP contribution < -0.4 is 4.90 Å². The van der Waals surface area contributed by atoms with Crippen LogP contribution in [-0.2, 0) is 11.3 Å². The fourth-order valence-corrected chi connectivity index (χ4v) is 4.29. The van der Waals surface area contributed by atoms with Crippen molar-refractivity contribution in [1.29, 1.82) is 0 Å². The molecular weight excluding hydrogens is 444 g/mol. The summed E-state index contributed by atoms with van der Waals surface area (Å²) in [6, 6.07) is 13.6. The number of anilines is 1. The molecule has 0 radical (unpaired) electrons. The molecule has 0 atom stereocenters. The van der Waals surface area contributed by atoms with Crippen molar-refractivity contribution >= 4 is 45.2 Å². The van der Waals surface area contributed by atoms with Gasteiger partial charge in [0.15, 0.2) is 0 Å². The largest absolute Gasteiger partial charge is 0.465 e. The Balaban J connectivity index is 1.89. The van der Waals surface area contributed by atoms with Crippen LogP contribution in [0.5, 0.6) is 0 Å². The van der Waals surface area contributed by atoms with E-state index < -0.39 is 6.09 Å². The van der Waals surface area contributed by atoms with Gasteiger partial charge in [0, 0.05) is 28.5 Å². The molecular formula is C21H22BrClN2O3. The van der Waals surface area contributed by atoms with E-state index in [-0.39, 0.29) is 11.8 Å². The van der Waals surface area contributed by atoms with Gasteiger partial charge >= 0.3 is 6.09 Å². The van der Waals surface area contributed by atoms with Gasteiger partial charge in [0.05, 0.1) is 12.2 Å². The highest BCUT2D eigenvalue weighted by Gasteiger charge is 2.31. The zero-order valence-corrected chi connectivity index (χ0v) is 17.9. The van der Waals surface area contributed by atoms with E-state index in [0.29, 0.717) is 37.5 Å². The van der Waals surface area contributed by atoms with Crippen molar-refractivity contribution in [3.05, 3.63) is 63.1 Å². The van der Waals surface area contributed by atoms with Crippen LogP contribution in [0.2, 0.25) is 5.02 Å². The lowest BCUT2D eigenvalue weighted by atomic mass is 9.95. The van der Waals surface area contributed by atoms with Gasteiger partial charge in [0.1, 0.15) is 0 Å². The summed E-state index contributed by atoms with van der Waals surface area (Å²) in [7, 11) is 0. The summed E-state index contributed by atoms with van der Waals surface area (Å²) in [5, 5.41) is 9.79. The molecule has 148 valence electrons. The molecule has 0 spiro atoms. The third kappa shape index (κ3) is 4.67. The third-order valence-corrected chi connectivity index (χ3v) is 6.13. The summed E-state index contributed by atoms with van der Waals surface area (Å²) >= 11 is 9.78. The van der Waals surface area contributed by atoms with Crippen LogP contribution in [0.3, 0.4) is 0 Å². The number of likely N-dealkylation sites (tertiary alicyclic amines) is 1. The maximum absolute atomic E-state index is 13.4. The highest BCUT2D eigenvalue weighted by atomic mass is 79.9. The first-order valence-electron chi connectivity index (χ1n) is 9.15. The minimum Gasteiger partial charge on any atom is -0.465 e. The average molecular weight is 466 g/mol. The van der Waals surface area contributed by atoms with Crippen molar-refractivity contribution in [1.82, 2.24) is 4.90 Å². The zero-order chi connectivity index (χ0) is 20.3. The van der Waals surface area contributed by atoms with Crippen molar-refractivity contribution in [3.8, 4) is 0 Å². The van der Waals surface area contributed by atoms with Crippen LogP contribution in [0.15, 0.2) is 46.9 Å². The molecule has 0 saturated carbocycles. The SMILES string of the molecule is Cc1cc(N(Cc2ccccc2)C(=O)C2CCN(C(=O)O)CC2)c(Br)cc1Cl. The molecule has 0 bridgehead atoms. The number of hydrogen-bond acceptors (Lipinski definition) is 2. The molecule has 0 aromatic heterocycles. The second-order valence-electron chi connectivity index (χ2n) is 7.01. The van der Waals surface area contributed by atoms with Crippen LogP contribution >= 0.6 is 27.5 Å². The molecule has 2 amide bonds. The Hall–Kier alpha value is -2.05. The van der Waals surface area contributed by atoms with Gasteiger partial charge < -0.3 is 14.9 Å². The van der Waals surface area contributed by atoms with Crippen molar-refractivity contribution in [2.75, 3.05) is 18.0 Å². The number of carbonyl (C=O) groups is 2. The fraction of sp³-hybridized carbons (Fsp3) is 0.333. The van der Waals surface area contributed by atoms with E-state index in [0.717, 1.165) is 21.3 Å². The molecule has 1 fully saturated rings. The lowest BCUT2D eigenvalue weighted by molar-refractivity contribution is -0.123. The van der Waals surface area contributed by atoms with Gasteiger partial charge in [-0.3, -0.25) is 4.79 Å².